The summed E-state index contributed by atoms with van der Waals surface area (Å²) >= 11 is 0. The van der Waals surface area contributed by atoms with E-state index in [0.29, 0.717) is 17.8 Å². The molecule has 1 aromatic rings. The molecular weight excluding hydrogens is 254 g/mol. The van der Waals surface area contributed by atoms with Gasteiger partial charge in [0.2, 0.25) is 11.7 Å². The number of nitrogens with zero attached hydrogens (tertiary/aromatic N) is 2. The molecule has 5 heteroatoms. The summed E-state index contributed by atoms with van der Waals surface area (Å²) in [6, 6.07) is 0.388. The molecule has 5 nitrogen and oxygen atoms in total. The lowest BCUT2D eigenvalue weighted by atomic mass is 9.88. The molecule has 0 aliphatic heterocycles. The van der Waals surface area contributed by atoms with Crippen molar-refractivity contribution in [2.75, 3.05) is 13.7 Å². The maximum Gasteiger partial charge on any atom is 0.228 e. The Bertz CT molecular complexity index is 385. The van der Waals surface area contributed by atoms with Crippen molar-refractivity contribution in [3.8, 4) is 0 Å². The molecule has 0 fully saturated rings. The van der Waals surface area contributed by atoms with Gasteiger partial charge in [-0.3, -0.25) is 0 Å². The number of aromatic nitrogens is 2. The molecular formula is C15H29N3O2. The van der Waals surface area contributed by atoms with Crippen molar-refractivity contribution in [1.29, 1.82) is 0 Å². The summed E-state index contributed by atoms with van der Waals surface area (Å²) < 4.78 is 10.9. The average Bonchev–Trinajstić information content (AvgIpc) is 2.81. The van der Waals surface area contributed by atoms with E-state index in [0.717, 1.165) is 25.8 Å². The summed E-state index contributed by atoms with van der Waals surface area (Å²) in [7, 11) is 1.68. The van der Waals surface area contributed by atoms with Crippen LogP contribution in [0.4, 0.5) is 0 Å². The van der Waals surface area contributed by atoms with E-state index in [4.69, 9.17) is 9.26 Å². The maximum atomic E-state index is 5.51. The van der Waals surface area contributed by atoms with Crippen LogP contribution in [-0.2, 0) is 11.2 Å². The first kappa shape index (κ1) is 17.1. The molecule has 1 rings (SSSR count). The molecule has 20 heavy (non-hydrogen) atoms. The van der Waals surface area contributed by atoms with Crippen LogP contribution < -0.4 is 5.32 Å². The monoisotopic (exact) mass is 283 g/mol. The molecule has 2 atom stereocenters. The van der Waals surface area contributed by atoms with Gasteiger partial charge in [-0.15, -0.1) is 0 Å². The number of hydrogen-bond acceptors (Lipinski definition) is 5. The van der Waals surface area contributed by atoms with Crippen LogP contribution in [0, 0.1) is 5.41 Å². The largest absolute Gasteiger partial charge is 0.373 e. The Kier molecular flexibility index (Phi) is 6.62. The van der Waals surface area contributed by atoms with Crippen LogP contribution in [0.1, 0.15) is 65.3 Å². The quantitative estimate of drug-likeness (QED) is 0.794. The first-order chi connectivity index (χ1) is 9.42. The Balaban J connectivity index is 2.71. The Hall–Kier alpha value is -0.940. The zero-order valence-electron chi connectivity index (χ0n) is 13.7. The lowest BCUT2D eigenvalue weighted by Gasteiger charge is -2.26. The fourth-order valence-corrected chi connectivity index (χ4v) is 2.22. The van der Waals surface area contributed by atoms with Gasteiger partial charge in [-0.1, -0.05) is 39.8 Å². The topological polar surface area (TPSA) is 60.2 Å². The molecule has 0 aliphatic rings. The van der Waals surface area contributed by atoms with Gasteiger partial charge in [-0.05, 0) is 24.8 Å². The molecule has 0 aromatic carbocycles. The Labute approximate surface area is 122 Å². The minimum Gasteiger partial charge on any atom is -0.373 e. The van der Waals surface area contributed by atoms with Gasteiger partial charge in [0.15, 0.2) is 0 Å². The molecule has 0 spiro atoms. The Morgan fingerprint density at radius 1 is 1.30 bits per heavy atom. The molecule has 0 saturated carbocycles. The van der Waals surface area contributed by atoms with Crippen LogP contribution in [0.3, 0.4) is 0 Å². The summed E-state index contributed by atoms with van der Waals surface area (Å²) in [5.74, 6) is 1.32. The van der Waals surface area contributed by atoms with Gasteiger partial charge in [0.25, 0.3) is 0 Å². The highest BCUT2D eigenvalue weighted by atomic mass is 16.5. The third-order valence-electron chi connectivity index (χ3n) is 3.34. The first-order valence-electron chi connectivity index (χ1n) is 7.51. The van der Waals surface area contributed by atoms with E-state index < -0.39 is 0 Å². The molecule has 1 aromatic heterocycles. The number of methoxy groups -OCH3 is 1. The number of rotatable bonds is 8. The lowest BCUT2D eigenvalue weighted by molar-refractivity contribution is 0.00718. The Morgan fingerprint density at radius 2 is 2.00 bits per heavy atom. The van der Waals surface area contributed by atoms with E-state index in [2.05, 4.69) is 50.1 Å². The zero-order chi connectivity index (χ0) is 15.2. The van der Waals surface area contributed by atoms with Gasteiger partial charge in [0.05, 0.1) is 0 Å². The zero-order valence-corrected chi connectivity index (χ0v) is 13.7. The normalized spacial score (nSPS) is 15.3. The molecule has 116 valence electrons. The van der Waals surface area contributed by atoms with Gasteiger partial charge in [0, 0.05) is 19.6 Å². The second-order valence-corrected chi connectivity index (χ2v) is 6.29. The minimum absolute atomic E-state index is 0.0550. The smallest absolute Gasteiger partial charge is 0.228 e. The highest BCUT2D eigenvalue weighted by Gasteiger charge is 2.30. The molecule has 0 aliphatic carbocycles. The molecule has 1 heterocycles. The van der Waals surface area contributed by atoms with Gasteiger partial charge >= 0.3 is 0 Å². The molecule has 2 unspecified atom stereocenters. The fraction of sp³-hybridized carbons (Fsp3) is 0.867. The SMILES string of the molecule is CCCNC(CC)Cc1nc(C(OC)C(C)(C)C)no1. The van der Waals surface area contributed by atoms with Crippen LogP contribution in [0.5, 0.6) is 0 Å². The molecule has 0 bridgehead atoms. The maximum absolute atomic E-state index is 5.51. The van der Waals surface area contributed by atoms with Gasteiger partial charge in [-0.25, -0.2) is 0 Å². The van der Waals surface area contributed by atoms with Crippen LogP contribution in [0.25, 0.3) is 0 Å². The van der Waals surface area contributed by atoms with E-state index in [1.54, 1.807) is 7.11 Å². The van der Waals surface area contributed by atoms with Gasteiger partial charge in [0.1, 0.15) is 6.10 Å². The summed E-state index contributed by atoms with van der Waals surface area (Å²) in [5, 5.41) is 7.57. The summed E-state index contributed by atoms with van der Waals surface area (Å²) in [4.78, 5) is 4.50. The van der Waals surface area contributed by atoms with Crippen LogP contribution in [0.15, 0.2) is 4.52 Å². The molecule has 1 N–H and O–H groups in total. The van der Waals surface area contributed by atoms with Crippen molar-refractivity contribution in [1.82, 2.24) is 15.5 Å². The minimum atomic E-state index is -0.149. The number of ether oxygens (including phenoxy) is 1. The molecule has 0 radical (unpaired) electrons. The third-order valence-corrected chi connectivity index (χ3v) is 3.34. The third kappa shape index (κ3) is 4.87. The predicted molar refractivity (Wildman–Crippen MR) is 79.6 cm³/mol. The van der Waals surface area contributed by atoms with Crippen molar-refractivity contribution in [3.05, 3.63) is 11.7 Å². The Morgan fingerprint density at radius 3 is 2.50 bits per heavy atom. The highest BCUT2D eigenvalue weighted by Crippen LogP contribution is 2.33. The average molecular weight is 283 g/mol. The standard InChI is InChI=1S/C15H29N3O2/c1-7-9-16-11(8-2)10-12-17-14(18-20-12)13(19-6)15(3,4)5/h11,13,16H,7-10H2,1-6H3. The highest BCUT2D eigenvalue weighted by molar-refractivity contribution is 4.97. The van der Waals surface area contributed by atoms with Crippen molar-refractivity contribution in [3.63, 3.8) is 0 Å². The second kappa shape index (κ2) is 7.74. The predicted octanol–water partition coefficient (Wildman–Crippen LogP) is 3.12. The van der Waals surface area contributed by atoms with E-state index in [9.17, 15) is 0 Å². The van der Waals surface area contributed by atoms with Crippen molar-refractivity contribution < 1.29 is 9.26 Å². The van der Waals surface area contributed by atoms with Crippen molar-refractivity contribution in [2.24, 2.45) is 5.41 Å². The van der Waals surface area contributed by atoms with Gasteiger partial charge < -0.3 is 14.6 Å². The summed E-state index contributed by atoms with van der Waals surface area (Å²) in [5.41, 5.74) is -0.0550. The number of nitrogens with one attached hydrogen (secondary N) is 1. The van der Waals surface area contributed by atoms with E-state index in [1.807, 2.05) is 0 Å². The summed E-state index contributed by atoms with van der Waals surface area (Å²) in [6.45, 7) is 11.7. The van der Waals surface area contributed by atoms with Crippen LogP contribution in [-0.4, -0.2) is 29.8 Å². The van der Waals surface area contributed by atoms with Crippen molar-refractivity contribution >= 4 is 0 Å². The van der Waals surface area contributed by atoms with E-state index >= 15 is 0 Å². The van der Waals surface area contributed by atoms with Crippen LogP contribution >= 0.6 is 0 Å². The van der Waals surface area contributed by atoms with Crippen LogP contribution in [0.2, 0.25) is 0 Å². The summed E-state index contributed by atoms with van der Waals surface area (Å²) in [6.07, 6.45) is 2.79. The van der Waals surface area contributed by atoms with E-state index in [1.165, 1.54) is 0 Å². The number of hydrogen-bond donors (Lipinski definition) is 1. The van der Waals surface area contributed by atoms with Crippen molar-refractivity contribution in [2.45, 2.75) is 66.0 Å². The second-order valence-electron chi connectivity index (χ2n) is 6.29. The first-order valence-corrected chi connectivity index (χ1v) is 7.51. The van der Waals surface area contributed by atoms with Gasteiger partial charge in [-0.2, -0.15) is 4.98 Å². The lowest BCUT2D eigenvalue weighted by Crippen LogP contribution is -2.31. The van der Waals surface area contributed by atoms with E-state index in [-0.39, 0.29) is 11.5 Å². The fourth-order valence-electron chi connectivity index (χ4n) is 2.22. The molecule has 0 amide bonds. The molecule has 0 saturated heterocycles.